The van der Waals surface area contributed by atoms with Crippen LogP contribution in [-0.4, -0.2) is 20.7 Å². The molecule has 0 spiro atoms. The van der Waals surface area contributed by atoms with Crippen LogP contribution in [0.4, 0.5) is 5.82 Å². The van der Waals surface area contributed by atoms with Crippen molar-refractivity contribution in [2.24, 2.45) is 5.92 Å². The number of pyridine rings is 1. The molecule has 3 aromatic rings. The van der Waals surface area contributed by atoms with Crippen LogP contribution < -0.4 is 5.32 Å². The minimum Gasteiger partial charge on any atom is -0.309 e. The Balaban J connectivity index is 1.35. The minimum atomic E-state index is 0.0297. The van der Waals surface area contributed by atoms with Gasteiger partial charge in [0.2, 0.25) is 5.91 Å². The lowest BCUT2D eigenvalue weighted by atomic mass is 10.1. The minimum absolute atomic E-state index is 0.0297. The van der Waals surface area contributed by atoms with Crippen LogP contribution in [0.1, 0.15) is 23.6 Å². The number of amides is 1. The summed E-state index contributed by atoms with van der Waals surface area (Å²) in [5.41, 5.74) is 2.14. The third-order valence-corrected chi connectivity index (χ3v) is 4.90. The van der Waals surface area contributed by atoms with Crippen LogP contribution >= 0.6 is 15.9 Å². The largest absolute Gasteiger partial charge is 0.309 e. The van der Waals surface area contributed by atoms with Crippen molar-refractivity contribution >= 4 is 27.7 Å². The van der Waals surface area contributed by atoms with Crippen molar-refractivity contribution in [1.29, 1.82) is 0 Å². The highest BCUT2D eigenvalue weighted by Gasteiger charge is 2.44. The van der Waals surface area contributed by atoms with Crippen molar-refractivity contribution < 1.29 is 4.79 Å². The Kier molecular flexibility index (Phi) is 4.36. The fourth-order valence-corrected chi connectivity index (χ4v) is 3.22. The number of carbonyl (C=O) groups excluding carboxylic acids is 1. The standard InChI is InChI=1S/C19H17BrN4O/c20-14-6-4-13(5-7-14)16-11-17(16)19(25)22-18-8-10-24(23-18)12-15-3-1-2-9-21-15/h1-10,16-17H,11-12H2,(H,22,23,25). The molecule has 1 N–H and O–H groups in total. The van der Waals surface area contributed by atoms with E-state index in [-0.39, 0.29) is 11.8 Å². The highest BCUT2D eigenvalue weighted by Crippen LogP contribution is 2.48. The van der Waals surface area contributed by atoms with Crippen LogP contribution in [0.5, 0.6) is 0 Å². The highest BCUT2D eigenvalue weighted by molar-refractivity contribution is 9.10. The van der Waals surface area contributed by atoms with Gasteiger partial charge in [-0.2, -0.15) is 5.10 Å². The third kappa shape index (κ3) is 3.79. The molecule has 1 aliphatic carbocycles. The number of hydrogen-bond donors (Lipinski definition) is 1. The molecule has 6 heteroatoms. The van der Waals surface area contributed by atoms with E-state index >= 15 is 0 Å². The van der Waals surface area contributed by atoms with Gasteiger partial charge in [0.1, 0.15) is 0 Å². The number of halogens is 1. The van der Waals surface area contributed by atoms with Crippen LogP contribution in [-0.2, 0) is 11.3 Å². The summed E-state index contributed by atoms with van der Waals surface area (Å²) >= 11 is 3.43. The Hall–Kier alpha value is -2.47. The van der Waals surface area contributed by atoms with Crippen molar-refractivity contribution in [3.05, 3.63) is 76.7 Å². The Morgan fingerprint density at radius 2 is 2.04 bits per heavy atom. The maximum absolute atomic E-state index is 12.4. The average Bonchev–Trinajstić information content (AvgIpc) is 3.31. The average molecular weight is 397 g/mol. The number of benzene rings is 1. The van der Waals surface area contributed by atoms with Gasteiger partial charge in [-0.15, -0.1) is 0 Å². The van der Waals surface area contributed by atoms with Crippen molar-refractivity contribution in [1.82, 2.24) is 14.8 Å². The summed E-state index contributed by atoms with van der Waals surface area (Å²) in [7, 11) is 0. The van der Waals surface area contributed by atoms with E-state index < -0.39 is 0 Å². The molecular weight excluding hydrogens is 380 g/mol. The van der Waals surface area contributed by atoms with Crippen LogP contribution in [0.3, 0.4) is 0 Å². The van der Waals surface area contributed by atoms with Crippen molar-refractivity contribution in [3.63, 3.8) is 0 Å². The fourth-order valence-electron chi connectivity index (χ4n) is 2.96. The van der Waals surface area contributed by atoms with E-state index in [1.165, 1.54) is 5.56 Å². The lowest BCUT2D eigenvalue weighted by Gasteiger charge is -2.03. The quantitative estimate of drug-likeness (QED) is 0.712. The van der Waals surface area contributed by atoms with Crippen LogP contribution in [0.25, 0.3) is 0 Å². The molecule has 1 amide bonds. The first-order valence-corrected chi connectivity index (χ1v) is 8.98. The maximum Gasteiger partial charge on any atom is 0.229 e. The van der Waals surface area contributed by atoms with Crippen LogP contribution in [0.2, 0.25) is 0 Å². The summed E-state index contributed by atoms with van der Waals surface area (Å²) in [5, 5.41) is 7.32. The fraction of sp³-hybridized carbons (Fsp3) is 0.211. The lowest BCUT2D eigenvalue weighted by molar-refractivity contribution is -0.117. The van der Waals surface area contributed by atoms with Crippen molar-refractivity contribution in [3.8, 4) is 0 Å². The molecule has 0 bridgehead atoms. The Labute approximate surface area is 154 Å². The number of aromatic nitrogens is 3. The zero-order valence-electron chi connectivity index (χ0n) is 13.5. The SMILES string of the molecule is O=C(Nc1ccn(Cc2ccccn2)n1)C1CC1c1ccc(Br)cc1. The van der Waals surface area contributed by atoms with Gasteiger partial charge < -0.3 is 5.32 Å². The van der Waals surface area contributed by atoms with E-state index in [1.807, 2.05) is 42.6 Å². The molecule has 1 saturated carbocycles. The highest BCUT2D eigenvalue weighted by atomic mass is 79.9. The van der Waals surface area contributed by atoms with E-state index in [0.717, 1.165) is 16.6 Å². The van der Waals surface area contributed by atoms with Crippen LogP contribution in [0.15, 0.2) is 65.4 Å². The van der Waals surface area contributed by atoms with Gasteiger partial charge in [0.15, 0.2) is 5.82 Å². The van der Waals surface area contributed by atoms with Gasteiger partial charge in [-0.25, -0.2) is 0 Å². The van der Waals surface area contributed by atoms with E-state index in [2.05, 4.69) is 43.5 Å². The van der Waals surface area contributed by atoms with Gasteiger partial charge in [-0.1, -0.05) is 34.1 Å². The summed E-state index contributed by atoms with van der Waals surface area (Å²) in [6, 6.07) is 15.8. The monoisotopic (exact) mass is 396 g/mol. The van der Waals surface area contributed by atoms with Gasteiger partial charge in [-0.05, 0) is 42.2 Å². The zero-order valence-corrected chi connectivity index (χ0v) is 15.1. The molecule has 25 heavy (non-hydrogen) atoms. The van der Waals surface area contributed by atoms with E-state index in [9.17, 15) is 4.79 Å². The molecule has 2 unspecified atom stereocenters. The van der Waals surface area contributed by atoms with E-state index in [4.69, 9.17) is 0 Å². The zero-order chi connectivity index (χ0) is 17.2. The summed E-state index contributed by atoms with van der Waals surface area (Å²) < 4.78 is 2.83. The third-order valence-electron chi connectivity index (χ3n) is 4.37. The number of nitrogens with zero attached hydrogens (tertiary/aromatic N) is 3. The first-order chi connectivity index (χ1) is 12.2. The molecule has 0 saturated heterocycles. The molecule has 1 aromatic carbocycles. The summed E-state index contributed by atoms with van der Waals surface area (Å²) in [6.45, 7) is 0.585. The molecule has 2 heterocycles. The molecule has 2 aromatic heterocycles. The smallest absolute Gasteiger partial charge is 0.229 e. The molecule has 1 fully saturated rings. The molecular formula is C19H17BrN4O. The van der Waals surface area contributed by atoms with Crippen molar-refractivity contribution in [2.75, 3.05) is 5.32 Å². The first-order valence-electron chi connectivity index (χ1n) is 8.19. The summed E-state index contributed by atoms with van der Waals surface area (Å²) in [6.07, 6.45) is 4.50. The predicted molar refractivity (Wildman–Crippen MR) is 99.2 cm³/mol. The number of hydrogen-bond acceptors (Lipinski definition) is 3. The Morgan fingerprint density at radius 1 is 1.20 bits per heavy atom. The molecule has 2 atom stereocenters. The first kappa shape index (κ1) is 16.0. The predicted octanol–water partition coefficient (Wildman–Crippen LogP) is 3.83. The van der Waals surface area contributed by atoms with Gasteiger partial charge in [0.05, 0.1) is 12.2 Å². The number of anilines is 1. The van der Waals surface area contributed by atoms with Gasteiger partial charge in [0.25, 0.3) is 0 Å². The Bertz CT molecular complexity index is 876. The molecule has 0 aliphatic heterocycles. The van der Waals surface area contributed by atoms with Crippen molar-refractivity contribution in [2.45, 2.75) is 18.9 Å². The van der Waals surface area contributed by atoms with Gasteiger partial charge in [-0.3, -0.25) is 14.5 Å². The van der Waals surface area contributed by atoms with Crippen LogP contribution in [0, 0.1) is 5.92 Å². The second kappa shape index (κ2) is 6.80. The van der Waals surface area contributed by atoms with E-state index in [0.29, 0.717) is 18.3 Å². The van der Waals surface area contributed by atoms with Gasteiger partial charge >= 0.3 is 0 Å². The maximum atomic E-state index is 12.4. The second-order valence-corrected chi connectivity index (χ2v) is 7.12. The Morgan fingerprint density at radius 3 is 2.80 bits per heavy atom. The number of carbonyl (C=O) groups is 1. The molecule has 0 radical (unpaired) electrons. The molecule has 1 aliphatic rings. The molecule has 5 nitrogen and oxygen atoms in total. The summed E-state index contributed by atoms with van der Waals surface area (Å²) in [4.78, 5) is 16.7. The normalized spacial score (nSPS) is 18.8. The molecule has 4 rings (SSSR count). The van der Waals surface area contributed by atoms with E-state index in [1.54, 1.807) is 10.9 Å². The molecule has 126 valence electrons. The number of nitrogens with one attached hydrogen (secondary N) is 1. The van der Waals surface area contributed by atoms with Gasteiger partial charge in [0, 0.05) is 28.9 Å². The topological polar surface area (TPSA) is 59.8 Å². The summed E-state index contributed by atoms with van der Waals surface area (Å²) in [5.74, 6) is 0.962. The second-order valence-electron chi connectivity index (χ2n) is 6.21. The number of rotatable bonds is 5. The lowest BCUT2D eigenvalue weighted by Crippen LogP contribution is -2.15.